The molecule has 2 aromatic heterocycles. The number of rotatable bonds is 12. The molecule has 2 heterocycles. The topological polar surface area (TPSA) is 68.0 Å². The van der Waals surface area contributed by atoms with Crippen molar-refractivity contribution in [2.24, 2.45) is 0 Å². The summed E-state index contributed by atoms with van der Waals surface area (Å²) in [5, 5.41) is 9.83. The molecule has 0 atom stereocenters. The van der Waals surface area contributed by atoms with Crippen LogP contribution in [0.1, 0.15) is 24.0 Å². The second kappa shape index (κ2) is 12.1. The second-order valence-electron chi connectivity index (χ2n) is 11.3. The summed E-state index contributed by atoms with van der Waals surface area (Å²) in [5.74, 6) is 0. The van der Waals surface area contributed by atoms with Crippen molar-refractivity contribution in [1.29, 1.82) is 0 Å². The Bertz CT molecular complexity index is 1430. The molecule has 0 radical (unpaired) electrons. The first-order valence-corrected chi connectivity index (χ1v) is 14.1. The Morgan fingerprint density at radius 1 is 0.553 bits per heavy atom. The van der Waals surface area contributed by atoms with Gasteiger partial charge >= 0.3 is 0 Å². The van der Waals surface area contributed by atoms with Crippen molar-refractivity contribution in [3.05, 3.63) is 71.8 Å². The van der Waals surface area contributed by atoms with E-state index in [2.05, 4.69) is 119 Å². The SMILES string of the molecule is CN(C)CCC[NH2+]Cc1ccc2[nH+]c3c(ccc4cc5cc(C[NH2+]CCCN(C)C)ccc5[nH+]c43)cc2c1. The van der Waals surface area contributed by atoms with Gasteiger partial charge in [-0.1, -0.05) is 0 Å². The molecule has 6 nitrogen and oxygen atoms in total. The lowest BCUT2D eigenvalue weighted by Crippen LogP contribution is -2.82. The lowest BCUT2D eigenvalue weighted by Gasteiger charge is -2.08. The molecule has 0 aliphatic rings. The Labute approximate surface area is 226 Å². The van der Waals surface area contributed by atoms with Gasteiger partial charge in [-0.25, -0.2) is 0 Å². The molecule has 0 saturated heterocycles. The van der Waals surface area contributed by atoms with Gasteiger partial charge in [0.25, 0.3) is 11.0 Å². The number of H-pyrrole nitrogens is 2. The molecule has 0 spiro atoms. The highest BCUT2D eigenvalue weighted by Crippen LogP contribution is 2.25. The molecule has 0 aliphatic heterocycles. The molecule has 5 aromatic rings. The molecule has 0 saturated carbocycles. The van der Waals surface area contributed by atoms with Gasteiger partial charge in [0.05, 0.1) is 23.9 Å². The fourth-order valence-electron chi connectivity index (χ4n) is 5.34. The van der Waals surface area contributed by atoms with Crippen LogP contribution in [-0.2, 0) is 13.1 Å². The Morgan fingerprint density at radius 2 is 1.00 bits per heavy atom. The van der Waals surface area contributed by atoms with Gasteiger partial charge in [-0.05, 0) is 76.7 Å². The van der Waals surface area contributed by atoms with Crippen molar-refractivity contribution in [2.45, 2.75) is 25.9 Å². The summed E-state index contributed by atoms with van der Waals surface area (Å²) in [6.45, 7) is 6.65. The lowest BCUT2D eigenvalue weighted by atomic mass is 10.0. The third-order valence-corrected chi connectivity index (χ3v) is 7.43. The summed E-state index contributed by atoms with van der Waals surface area (Å²) >= 11 is 0. The Hall–Kier alpha value is -3.16. The number of pyridine rings is 2. The maximum absolute atomic E-state index is 3.74. The van der Waals surface area contributed by atoms with Crippen LogP contribution in [0.4, 0.5) is 0 Å². The Morgan fingerprint density at radius 3 is 1.42 bits per heavy atom. The number of hydrogen-bond donors (Lipinski definition) is 2. The van der Waals surface area contributed by atoms with Gasteiger partial charge in [0.1, 0.15) is 13.1 Å². The first-order valence-electron chi connectivity index (χ1n) is 14.1. The first kappa shape index (κ1) is 26.4. The summed E-state index contributed by atoms with van der Waals surface area (Å²) in [7, 11) is 8.55. The maximum atomic E-state index is 3.74. The normalized spacial score (nSPS) is 12.2. The van der Waals surface area contributed by atoms with Crippen molar-refractivity contribution >= 4 is 43.6 Å². The largest absolute Gasteiger partial charge is 0.342 e. The number of nitrogens with two attached hydrogens (primary N) is 2. The zero-order chi connectivity index (χ0) is 26.5. The van der Waals surface area contributed by atoms with E-state index < -0.39 is 0 Å². The lowest BCUT2D eigenvalue weighted by molar-refractivity contribution is -0.671. The monoisotopic (exact) mass is 512 g/mol. The number of hydrogen-bond acceptors (Lipinski definition) is 2. The summed E-state index contributed by atoms with van der Waals surface area (Å²) in [6.07, 6.45) is 2.43. The zero-order valence-corrected chi connectivity index (χ0v) is 23.5. The van der Waals surface area contributed by atoms with Crippen LogP contribution in [-0.4, -0.2) is 64.2 Å². The third-order valence-electron chi connectivity index (χ3n) is 7.43. The van der Waals surface area contributed by atoms with Crippen LogP contribution >= 0.6 is 0 Å². The molecule has 0 unspecified atom stereocenters. The fraction of sp³-hybridized carbons (Fsp3) is 0.375. The van der Waals surface area contributed by atoms with Crippen LogP contribution < -0.4 is 20.6 Å². The number of aromatic nitrogens is 2. The number of nitrogens with one attached hydrogen (secondary N) is 2. The van der Waals surface area contributed by atoms with Crippen LogP contribution in [0.2, 0.25) is 0 Å². The van der Waals surface area contributed by atoms with Gasteiger partial charge < -0.3 is 20.4 Å². The molecule has 6 N–H and O–H groups in total. The number of nitrogens with zero attached hydrogens (tertiary/aromatic N) is 2. The van der Waals surface area contributed by atoms with Crippen molar-refractivity contribution in [2.75, 3.05) is 54.4 Å². The highest BCUT2D eigenvalue weighted by Gasteiger charge is 2.17. The van der Waals surface area contributed by atoms with Gasteiger partial charge in [-0.3, -0.25) is 0 Å². The highest BCUT2D eigenvalue weighted by atomic mass is 15.1. The molecular weight excluding hydrogens is 468 g/mol. The average Bonchev–Trinajstić information content (AvgIpc) is 2.90. The molecule has 0 bridgehead atoms. The molecular formula is C32H44N6+4. The van der Waals surface area contributed by atoms with Crippen LogP contribution in [0.3, 0.4) is 0 Å². The predicted octanol–water partition coefficient (Wildman–Crippen LogP) is 1.96. The smallest absolute Gasteiger partial charge is 0.284 e. The Kier molecular flexibility index (Phi) is 8.45. The van der Waals surface area contributed by atoms with E-state index >= 15 is 0 Å². The summed E-state index contributed by atoms with van der Waals surface area (Å²) in [5.41, 5.74) is 7.43. The molecule has 6 heteroatoms. The minimum atomic E-state index is 1.02. The van der Waals surface area contributed by atoms with E-state index in [0.29, 0.717) is 0 Å². The van der Waals surface area contributed by atoms with E-state index in [1.165, 1.54) is 56.5 Å². The number of aromatic amines is 2. The van der Waals surface area contributed by atoms with Gasteiger partial charge in [0.15, 0.2) is 0 Å². The molecule has 198 valence electrons. The van der Waals surface area contributed by atoms with Crippen LogP contribution in [0, 0.1) is 0 Å². The van der Waals surface area contributed by atoms with Crippen LogP contribution in [0.15, 0.2) is 60.7 Å². The van der Waals surface area contributed by atoms with E-state index in [9.17, 15) is 0 Å². The summed E-state index contributed by atoms with van der Waals surface area (Å²) in [4.78, 5) is 12.0. The van der Waals surface area contributed by atoms with E-state index in [-0.39, 0.29) is 0 Å². The molecule has 3 aromatic carbocycles. The van der Waals surface area contributed by atoms with Crippen molar-refractivity contribution in [3.63, 3.8) is 0 Å². The van der Waals surface area contributed by atoms with Crippen LogP contribution in [0.25, 0.3) is 43.6 Å². The van der Waals surface area contributed by atoms with E-state index in [4.69, 9.17) is 0 Å². The van der Waals surface area contributed by atoms with E-state index in [1.54, 1.807) is 0 Å². The quantitative estimate of drug-likeness (QED) is 0.152. The summed E-state index contributed by atoms with van der Waals surface area (Å²) < 4.78 is 0. The van der Waals surface area contributed by atoms with Crippen molar-refractivity contribution in [3.8, 4) is 0 Å². The minimum Gasteiger partial charge on any atom is -0.342 e. The van der Waals surface area contributed by atoms with Crippen LogP contribution in [0.5, 0.6) is 0 Å². The molecule has 0 amide bonds. The standard InChI is InChI=1S/C32H40N6/c1-37(2)15-5-13-33-21-23-7-11-29-27(17-23)19-25-9-10-26-20-28-18-24(22-34-14-6-16-38(3)4)8-12-30(28)36-32(26)31(25)35-29/h7-12,17-20,33-34H,5-6,13-16,21-22H2,1-4H3/p+4. The predicted molar refractivity (Wildman–Crippen MR) is 157 cm³/mol. The van der Waals surface area contributed by atoms with Gasteiger partial charge in [0, 0.05) is 60.0 Å². The number of quaternary nitrogens is 2. The zero-order valence-electron chi connectivity index (χ0n) is 23.5. The fourth-order valence-corrected chi connectivity index (χ4v) is 5.34. The third kappa shape index (κ3) is 6.45. The number of fused-ring (bicyclic) bond motifs is 5. The van der Waals surface area contributed by atoms with Crippen molar-refractivity contribution < 1.29 is 20.6 Å². The van der Waals surface area contributed by atoms with Crippen molar-refractivity contribution in [1.82, 2.24) is 9.80 Å². The van der Waals surface area contributed by atoms with Gasteiger partial charge in [-0.15, -0.1) is 0 Å². The molecule has 5 rings (SSSR count). The maximum Gasteiger partial charge on any atom is 0.284 e. The Balaban J connectivity index is 1.35. The second-order valence-corrected chi connectivity index (χ2v) is 11.3. The number of benzene rings is 3. The minimum absolute atomic E-state index is 1.02. The first-order chi connectivity index (χ1) is 18.5. The molecule has 38 heavy (non-hydrogen) atoms. The van der Waals surface area contributed by atoms with Gasteiger partial charge in [0.2, 0.25) is 11.0 Å². The summed E-state index contributed by atoms with van der Waals surface area (Å²) in [6, 6.07) is 22.8. The molecule has 0 fully saturated rings. The highest BCUT2D eigenvalue weighted by molar-refractivity contribution is 6.04. The van der Waals surface area contributed by atoms with E-state index in [0.717, 1.165) is 50.3 Å². The van der Waals surface area contributed by atoms with E-state index in [1.807, 2.05) is 0 Å². The van der Waals surface area contributed by atoms with Gasteiger partial charge in [-0.2, -0.15) is 9.97 Å². The molecule has 0 aliphatic carbocycles. The average molecular weight is 513 g/mol.